The summed E-state index contributed by atoms with van der Waals surface area (Å²) in [7, 11) is 0. The molecule has 3 fully saturated rings. The number of benzene rings is 1. The van der Waals surface area contributed by atoms with Gasteiger partial charge in [-0.25, -0.2) is 0 Å². The molecule has 5 rings (SSSR count). The molecule has 4 aliphatic rings. The van der Waals surface area contributed by atoms with Crippen molar-refractivity contribution >= 4 is 17.7 Å². The second-order valence-electron chi connectivity index (χ2n) is 8.16. The van der Waals surface area contributed by atoms with Gasteiger partial charge >= 0.3 is 5.97 Å². The van der Waals surface area contributed by atoms with Crippen LogP contribution < -0.4 is 0 Å². The minimum atomic E-state index is -1.02. The number of carbonyl (C=O) groups is 3. The van der Waals surface area contributed by atoms with Crippen LogP contribution in [0.15, 0.2) is 42.5 Å². The molecule has 0 saturated carbocycles. The number of carbonyl (C=O) groups excluding carboxylic acids is 2. The van der Waals surface area contributed by atoms with Gasteiger partial charge in [0.25, 0.3) is 0 Å². The van der Waals surface area contributed by atoms with E-state index in [0.29, 0.717) is 0 Å². The van der Waals surface area contributed by atoms with Crippen LogP contribution in [0.2, 0.25) is 0 Å². The van der Waals surface area contributed by atoms with E-state index < -0.39 is 47.5 Å². The maximum absolute atomic E-state index is 13.5. The zero-order chi connectivity index (χ0) is 19.1. The Balaban J connectivity index is 1.69. The van der Waals surface area contributed by atoms with Crippen LogP contribution in [0.4, 0.5) is 0 Å². The number of fused-ring (bicyclic) bond motifs is 2. The molecule has 1 aromatic carbocycles. The second-order valence-corrected chi connectivity index (χ2v) is 8.16. The Bertz CT molecular complexity index is 880. The monoisotopic (exact) mass is 367 g/mol. The number of rotatable bonds is 2. The molecule has 1 spiro atoms. The van der Waals surface area contributed by atoms with E-state index >= 15 is 0 Å². The SMILES string of the molecule is C[C@@H]1C(=O)[C@H](C)[C@@H](c2ccccc2)N2C(=O)[C@H]3[C@@H](C(=O)O)[C@@H]4C=C[C@]3(O4)[C@@H]12. The summed E-state index contributed by atoms with van der Waals surface area (Å²) in [6.45, 7) is 3.69. The van der Waals surface area contributed by atoms with Gasteiger partial charge in [0.15, 0.2) is 0 Å². The molecule has 1 amide bonds. The van der Waals surface area contributed by atoms with E-state index in [4.69, 9.17) is 4.74 Å². The highest BCUT2D eigenvalue weighted by atomic mass is 16.5. The number of carboxylic acids is 1. The molecule has 0 aromatic heterocycles. The lowest BCUT2D eigenvalue weighted by atomic mass is 9.69. The molecule has 6 heteroatoms. The average Bonchev–Trinajstić information content (AvgIpc) is 3.29. The zero-order valence-corrected chi connectivity index (χ0v) is 15.1. The van der Waals surface area contributed by atoms with Gasteiger partial charge in [0.2, 0.25) is 5.91 Å². The fourth-order valence-corrected chi connectivity index (χ4v) is 5.90. The fourth-order valence-electron chi connectivity index (χ4n) is 5.90. The van der Waals surface area contributed by atoms with Gasteiger partial charge in [-0.15, -0.1) is 0 Å². The summed E-state index contributed by atoms with van der Waals surface area (Å²) >= 11 is 0. The molecule has 0 aliphatic carbocycles. The highest BCUT2D eigenvalue weighted by Crippen LogP contribution is 2.60. The number of Topliss-reactive ketones (excluding diaryl/α,β-unsaturated/α-hetero) is 1. The van der Waals surface area contributed by atoms with Gasteiger partial charge in [0.05, 0.1) is 24.1 Å². The molecule has 1 aromatic rings. The Morgan fingerprint density at radius 1 is 1.15 bits per heavy atom. The van der Waals surface area contributed by atoms with Gasteiger partial charge in [0.1, 0.15) is 17.3 Å². The smallest absolute Gasteiger partial charge is 0.310 e. The van der Waals surface area contributed by atoms with Crippen LogP contribution in [-0.2, 0) is 19.1 Å². The maximum Gasteiger partial charge on any atom is 0.310 e. The first-order valence-corrected chi connectivity index (χ1v) is 9.39. The topological polar surface area (TPSA) is 83.9 Å². The van der Waals surface area contributed by atoms with Crippen molar-refractivity contribution in [1.82, 2.24) is 4.90 Å². The molecule has 2 bridgehead atoms. The molecule has 4 heterocycles. The molecule has 8 atom stereocenters. The fraction of sp³-hybridized carbons (Fsp3) is 0.476. The highest BCUT2D eigenvalue weighted by molar-refractivity contribution is 5.96. The summed E-state index contributed by atoms with van der Waals surface area (Å²) in [5.74, 6) is -3.59. The predicted molar refractivity (Wildman–Crippen MR) is 94.5 cm³/mol. The number of hydrogen-bond acceptors (Lipinski definition) is 4. The van der Waals surface area contributed by atoms with Gasteiger partial charge in [-0.05, 0) is 5.56 Å². The van der Waals surface area contributed by atoms with E-state index in [0.717, 1.165) is 5.56 Å². The van der Waals surface area contributed by atoms with Crippen LogP contribution >= 0.6 is 0 Å². The van der Waals surface area contributed by atoms with E-state index in [2.05, 4.69) is 0 Å². The normalized spacial score (nSPS) is 44.5. The Morgan fingerprint density at radius 3 is 2.52 bits per heavy atom. The minimum absolute atomic E-state index is 0.0900. The number of aliphatic carboxylic acids is 1. The summed E-state index contributed by atoms with van der Waals surface area (Å²) in [4.78, 5) is 40.3. The van der Waals surface area contributed by atoms with E-state index in [1.165, 1.54) is 0 Å². The third-order valence-electron chi connectivity index (χ3n) is 6.94. The zero-order valence-electron chi connectivity index (χ0n) is 15.1. The maximum atomic E-state index is 13.5. The Kier molecular flexibility index (Phi) is 3.27. The van der Waals surface area contributed by atoms with Crippen molar-refractivity contribution in [2.75, 3.05) is 0 Å². The number of ether oxygens (including phenoxy) is 1. The number of piperidine rings is 1. The van der Waals surface area contributed by atoms with Crippen LogP contribution in [0.5, 0.6) is 0 Å². The molecule has 6 nitrogen and oxygen atoms in total. The van der Waals surface area contributed by atoms with Gasteiger partial charge in [-0.3, -0.25) is 14.4 Å². The molecule has 0 radical (unpaired) electrons. The van der Waals surface area contributed by atoms with E-state index in [9.17, 15) is 19.5 Å². The van der Waals surface area contributed by atoms with Crippen molar-refractivity contribution in [2.45, 2.75) is 37.6 Å². The molecule has 3 saturated heterocycles. The molecular formula is C21H21NO5. The van der Waals surface area contributed by atoms with Crippen molar-refractivity contribution in [1.29, 1.82) is 0 Å². The third kappa shape index (κ3) is 1.86. The lowest BCUT2D eigenvalue weighted by Gasteiger charge is -2.47. The predicted octanol–water partition coefficient (Wildman–Crippen LogP) is 1.82. The number of ketones is 1. The van der Waals surface area contributed by atoms with Crippen molar-refractivity contribution in [3.63, 3.8) is 0 Å². The van der Waals surface area contributed by atoms with E-state index in [1.54, 1.807) is 11.0 Å². The van der Waals surface area contributed by atoms with Gasteiger partial charge in [-0.1, -0.05) is 56.3 Å². The molecule has 1 N–H and O–H groups in total. The summed E-state index contributed by atoms with van der Waals surface area (Å²) in [6, 6.07) is 8.63. The van der Waals surface area contributed by atoms with Crippen molar-refractivity contribution in [3.8, 4) is 0 Å². The second kappa shape index (κ2) is 5.29. The third-order valence-corrected chi connectivity index (χ3v) is 6.94. The number of amides is 1. The summed E-state index contributed by atoms with van der Waals surface area (Å²) in [6.07, 6.45) is 2.99. The first kappa shape index (κ1) is 16.7. The summed E-state index contributed by atoms with van der Waals surface area (Å²) in [5, 5.41) is 9.73. The summed E-state index contributed by atoms with van der Waals surface area (Å²) < 4.78 is 6.13. The van der Waals surface area contributed by atoms with Gasteiger partial charge in [-0.2, -0.15) is 0 Å². The van der Waals surface area contributed by atoms with Crippen molar-refractivity contribution in [2.24, 2.45) is 23.7 Å². The molecule has 27 heavy (non-hydrogen) atoms. The van der Waals surface area contributed by atoms with Crippen molar-refractivity contribution in [3.05, 3.63) is 48.0 Å². The quantitative estimate of drug-likeness (QED) is 0.806. The number of nitrogens with zero attached hydrogens (tertiary/aromatic N) is 1. The first-order valence-electron chi connectivity index (χ1n) is 9.39. The standard InChI is InChI=1S/C21H21NO5/c1-10-16(12-6-4-3-5-7-12)22-18(11(2)17(10)23)21-9-8-13(27-21)14(20(25)26)15(21)19(22)24/h3-11,13-16,18H,1-2H3,(H,25,26)/t10-,11-,13+,14+,15-,16+,18-,21-/m1/s1. The van der Waals surface area contributed by atoms with Crippen LogP contribution in [0.3, 0.4) is 0 Å². The van der Waals surface area contributed by atoms with Crippen molar-refractivity contribution < 1.29 is 24.2 Å². The van der Waals surface area contributed by atoms with Crippen LogP contribution in [0.1, 0.15) is 25.5 Å². The minimum Gasteiger partial charge on any atom is -0.481 e. The van der Waals surface area contributed by atoms with Crippen LogP contribution in [-0.4, -0.2) is 45.4 Å². The average molecular weight is 367 g/mol. The Labute approximate surface area is 156 Å². The lowest BCUT2D eigenvalue weighted by Crippen LogP contribution is -2.58. The highest BCUT2D eigenvalue weighted by Gasteiger charge is 2.74. The molecule has 0 unspecified atom stereocenters. The van der Waals surface area contributed by atoms with Gasteiger partial charge < -0.3 is 14.7 Å². The summed E-state index contributed by atoms with van der Waals surface area (Å²) in [5.41, 5.74) is -0.127. The van der Waals surface area contributed by atoms with Gasteiger partial charge in [0, 0.05) is 11.8 Å². The van der Waals surface area contributed by atoms with E-state index in [-0.39, 0.29) is 17.6 Å². The molecule has 4 aliphatic heterocycles. The largest absolute Gasteiger partial charge is 0.481 e. The Hall–Kier alpha value is -2.47. The Morgan fingerprint density at radius 2 is 1.85 bits per heavy atom. The lowest BCUT2D eigenvalue weighted by molar-refractivity contribution is -0.155. The number of carboxylic acid groups (broad SMARTS) is 1. The van der Waals surface area contributed by atoms with Crippen LogP contribution in [0.25, 0.3) is 0 Å². The molecule has 140 valence electrons. The molecular weight excluding hydrogens is 346 g/mol. The number of hydrogen-bond donors (Lipinski definition) is 1. The van der Waals surface area contributed by atoms with Crippen LogP contribution in [0, 0.1) is 23.7 Å². The van der Waals surface area contributed by atoms with E-state index in [1.807, 2.05) is 50.3 Å². The first-order chi connectivity index (χ1) is 12.9.